The van der Waals surface area contributed by atoms with E-state index in [1.54, 1.807) is 26.1 Å². The summed E-state index contributed by atoms with van der Waals surface area (Å²) in [5.41, 5.74) is 0.729. The molecule has 0 radical (unpaired) electrons. The maximum absolute atomic E-state index is 12.1. The average molecular weight is 324 g/mol. The van der Waals surface area contributed by atoms with Gasteiger partial charge in [0.25, 0.3) is 5.89 Å². The number of hydrogen-bond acceptors (Lipinski definition) is 6. The van der Waals surface area contributed by atoms with Gasteiger partial charge in [0.15, 0.2) is 0 Å². The van der Waals surface area contributed by atoms with E-state index in [1.165, 1.54) is 0 Å². The number of nitrogens with zero attached hydrogens (tertiary/aromatic N) is 3. The first-order valence-corrected chi connectivity index (χ1v) is 7.61. The third-order valence-corrected chi connectivity index (χ3v) is 3.65. The van der Waals surface area contributed by atoms with Gasteiger partial charge in [-0.2, -0.15) is 0 Å². The Morgan fingerprint density at radius 2 is 2.22 bits per heavy atom. The van der Waals surface area contributed by atoms with Crippen molar-refractivity contribution < 1.29 is 18.7 Å². The fraction of sp³-hybridized carbons (Fsp3) is 0.667. The standard InChI is InChI=1S/C15H24N4O4/c1-10(9-22-4)16-14(21)15-17-11-7-19(6-5-12(11)23-15)8-13(20)18(2)3/h10H,5-9H2,1-4H3,(H,16,21)/t10-/m0/s1. The molecule has 2 rings (SSSR count). The van der Waals surface area contributed by atoms with E-state index in [4.69, 9.17) is 9.15 Å². The molecular weight excluding hydrogens is 300 g/mol. The number of rotatable bonds is 6. The van der Waals surface area contributed by atoms with Gasteiger partial charge >= 0.3 is 5.91 Å². The molecule has 1 aliphatic heterocycles. The van der Waals surface area contributed by atoms with Crippen LogP contribution in [0.15, 0.2) is 4.42 Å². The van der Waals surface area contributed by atoms with E-state index in [0.29, 0.717) is 32.7 Å². The van der Waals surface area contributed by atoms with Gasteiger partial charge in [-0.25, -0.2) is 4.98 Å². The minimum atomic E-state index is -0.347. The van der Waals surface area contributed by atoms with Crippen LogP contribution in [0.2, 0.25) is 0 Å². The van der Waals surface area contributed by atoms with E-state index in [2.05, 4.69) is 10.3 Å². The van der Waals surface area contributed by atoms with Crippen molar-refractivity contribution >= 4 is 11.8 Å². The molecule has 23 heavy (non-hydrogen) atoms. The Labute approximate surface area is 135 Å². The molecule has 2 amide bonds. The van der Waals surface area contributed by atoms with Crippen LogP contribution in [0.1, 0.15) is 29.1 Å². The van der Waals surface area contributed by atoms with Crippen LogP contribution in [0.3, 0.4) is 0 Å². The zero-order chi connectivity index (χ0) is 17.0. The Balaban J connectivity index is 1.98. The van der Waals surface area contributed by atoms with Gasteiger partial charge in [0, 0.05) is 46.8 Å². The highest BCUT2D eigenvalue weighted by molar-refractivity contribution is 5.89. The number of ether oxygens (including phenoxy) is 1. The van der Waals surface area contributed by atoms with Gasteiger partial charge in [0.2, 0.25) is 5.91 Å². The topological polar surface area (TPSA) is 87.9 Å². The second-order valence-corrected chi connectivity index (χ2v) is 5.97. The van der Waals surface area contributed by atoms with Gasteiger partial charge < -0.3 is 19.4 Å². The van der Waals surface area contributed by atoms with Gasteiger partial charge in [0.05, 0.1) is 18.8 Å². The first-order chi connectivity index (χ1) is 10.9. The summed E-state index contributed by atoms with van der Waals surface area (Å²) in [5, 5.41) is 2.77. The average Bonchev–Trinajstić information content (AvgIpc) is 2.90. The predicted octanol–water partition coefficient (Wildman–Crippen LogP) is -0.114. The lowest BCUT2D eigenvalue weighted by atomic mass is 10.1. The smallest absolute Gasteiger partial charge is 0.307 e. The molecule has 1 aromatic heterocycles. The largest absolute Gasteiger partial charge is 0.437 e. The molecule has 128 valence electrons. The molecule has 0 aliphatic carbocycles. The molecule has 0 bridgehead atoms. The van der Waals surface area contributed by atoms with Crippen molar-refractivity contribution in [3.63, 3.8) is 0 Å². The van der Waals surface area contributed by atoms with Crippen molar-refractivity contribution in [2.24, 2.45) is 0 Å². The van der Waals surface area contributed by atoms with E-state index in [1.807, 2.05) is 11.8 Å². The zero-order valence-electron chi connectivity index (χ0n) is 14.1. The van der Waals surface area contributed by atoms with Crippen LogP contribution < -0.4 is 5.32 Å². The van der Waals surface area contributed by atoms with Gasteiger partial charge in [-0.05, 0) is 6.92 Å². The second kappa shape index (κ2) is 7.56. The summed E-state index contributed by atoms with van der Waals surface area (Å²) >= 11 is 0. The van der Waals surface area contributed by atoms with Crippen molar-refractivity contribution in [2.75, 3.05) is 40.9 Å². The number of oxazole rings is 1. The van der Waals surface area contributed by atoms with Crippen molar-refractivity contribution in [3.05, 3.63) is 17.3 Å². The predicted molar refractivity (Wildman–Crippen MR) is 83.0 cm³/mol. The molecule has 0 unspecified atom stereocenters. The summed E-state index contributed by atoms with van der Waals surface area (Å²) in [6.45, 7) is 3.83. The maximum Gasteiger partial charge on any atom is 0.307 e. The first-order valence-electron chi connectivity index (χ1n) is 7.61. The summed E-state index contributed by atoms with van der Waals surface area (Å²) < 4.78 is 10.5. The van der Waals surface area contributed by atoms with E-state index < -0.39 is 0 Å². The minimum absolute atomic E-state index is 0.0447. The Hall–Kier alpha value is -1.93. The normalized spacial score (nSPS) is 15.8. The zero-order valence-corrected chi connectivity index (χ0v) is 14.1. The molecule has 0 saturated heterocycles. The summed E-state index contributed by atoms with van der Waals surface area (Å²) in [6.07, 6.45) is 0.643. The van der Waals surface area contributed by atoms with Gasteiger partial charge in [-0.1, -0.05) is 0 Å². The quantitative estimate of drug-likeness (QED) is 0.785. The maximum atomic E-state index is 12.1. The lowest BCUT2D eigenvalue weighted by Crippen LogP contribution is -2.39. The second-order valence-electron chi connectivity index (χ2n) is 5.97. The molecule has 2 heterocycles. The fourth-order valence-electron chi connectivity index (χ4n) is 2.39. The van der Waals surface area contributed by atoms with E-state index in [-0.39, 0.29) is 23.7 Å². The van der Waals surface area contributed by atoms with Crippen molar-refractivity contribution in [2.45, 2.75) is 25.9 Å². The highest BCUT2D eigenvalue weighted by Gasteiger charge is 2.26. The first kappa shape index (κ1) is 17.4. The van der Waals surface area contributed by atoms with Crippen LogP contribution in [0.25, 0.3) is 0 Å². The molecule has 1 N–H and O–H groups in total. The number of amides is 2. The summed E-state index contributed by atoms with van der Waals surface area (Å²) in [6, 6.07) is -0.120. The molecule has 0 fully saturated rings. The lowest BCUT2D eigenvalue weighted by Gasteiger charge is -2.25. The molecule has 8 heteroatoms. The lowest BCUT2D eigenvalue weighted by molar-refractivity contribution is -0.130. The molecular formula is C15H24N4O4. The van der Waals surface area contributed by atoms with Crippen molar-refractivity contribution in [3.8, 4) is 0 Å². The molecule has 8 nitrogen and oxygen atoms in total. The Kier molecular flexibility index (Phi) is 5.73. The molecule has 0 aromatic carbocycles. The number of likely N-dealkylation sites (N-methyl/N-ethyl adjacent to an activating group) is 1. The van der Waals surface area contributed by atoms with Gasteiger partial charge in [-0.15, -0.1) is 0 Å². The third-order valence-electron chi connectivity index (χ3n) is 3.65. The number of carbonyl (C=O) groups is 2. The number of nitrogens with one attached hydrogen (secondary N) is 1. The highest BCUT2D eigenvalue weighted by atomic mass is 16.5. The Bertz CT molecular complexity index is 570. The summed E-state index contributed by atoms with van der Waals surface area (Å²) in [7, 11) is 5.05. The van der Waals surface area contributed by atoms with Crippen molar-refractivity contribution in [1.82, 2.24) is 20.1 Å². The molecule has 0 spiro atoms. The van der Waals surface area contributed by atoms with E-state index >= 15 is 0 Å². The van der Waals surface area contributed by atoms with Crippen LogP contribution in [-0.2, 0) is 22.5 Å². The molecule has 0 saturated carbocycles. The van der Waals surface area contributed by atoms with Gasteiger partial charge in [0.1, 0.15) is 5.76 Å². The SMILES string of the molecule is COC[C@H](C)NC(=O)c1nc2c(o1)CCN(CC(=O)N(C)C)C2. The Morgan fingerprint density at radius 3 is 2.87 bits per heavy atom. The van der Waals surface area contributed by atoms with Gasteiger partial charge in [-0.3, -0.25) is 14.5 Å². The number of hydrogen-bond donors (Lipinski definition) is 1. The van der Waals surface area contributed by atoms with Crippen LogP contribution in [-0.4, -0.2) is 73.5 Å². The molecule has 1 atom stereocenters. The molecule has 1 aromatic rings. The van der Waals surface area contributed by atoms with Crippen molar-refractivity contribution in [1.29, 1.82) is 0 Å². The number of methoxy groups -OCH3 is 1. The monoisotopic (exact) mass is 324 g/mol. The fourth-order valence-corrected chi connectivity index (χ4v) is 2.39. The van der Waals surface area contributed by atoms with Crippen LogP contribution in [0.5, 0.6) is 0 Å². The Morgan fingerprint density at radius 1 is 1.48 bits per heavy atom. The number of carbonyl (C=O) groups excluding carboxylic acids is 2. The third kappa shape index (κ3) is 4.52. The van der Waals surface area contributed by atoms with Crippen LogP contribution in [0.4, 0.5) is 0 Å². The minimum Gasteiger partial charge on any atom is -0.437 e. The number of fused-ring (bicyclic) bond motifs is 1. The molecule has 1 aliphatic rings. The van der Waals surface area contributed by atoms with E-state index in [0.717, 1.165) is 11.5 Å². The highest BCUT2D eigenvalue weighted by Crippen LogP contribution is 2.19. The van der Waals surface area contributed by atoms with Crippen LogP contribution >= 0.6 is 0 Å². The summed E-state index contributed by atoms with van der Waals surface area (Å²) in [4.78, 5) is 31.7. The summed E-state index contributed by atoms with van der Waals surface area (Å²) in [5.74, 6) is 0.491. The number of aromatic nitrogens is 1. The van der Waals surface area contributed by atoms with E-state index in [9.17, 15) is 9.59 Å². The van der Waals surface area contributed by atoms with Crippen LogP contribution in [0, 0.1) is 0 Å².